The Morgan fingerprint density at radius 1 is 0.950 bits per heavy atom. The van der Waals surface area contributed by atoms with Gasteiger partial charge in [-0.15, -0.1) is 0 Å². The first-order valence-corrected chi connectivity index (χ1v) is 8.75. The molecule has 0 N–H and O–H groups in total. The largest absolute Gasteiger partial charge is 0.0991 e. The minimum absolute atomic E-state index is 0.947. The third kappa shape index (κ3) is 4.96. The molecule has 2 rings (SSSR count). The van der Waals surface area contributed by atoms with Gasteiger partial charge in [-0.2, -0.15) is 0 Å². The zero-order valence-electron chi connectivity index (χ0n) is 13.3. The molecule has 0 spiro atoms. The molecule has 2 aliphatic rings. The molecule has 2 aliphatic carbocycles. The first kappa shape index (κ1) is 15.6. The highest BCUT2D eigenvalue weighted by Crippen LogP contribution is 2.40. The van der Waals surface area contributed by atoms with Gasteiger partial charge in [0.05, 0.1) is 0 Å². The minimum Gasteiger partial charge on any atom is -0.0991 e. The lowest BCUT2D eigenvalue weighted by molar-refractivity contribution is 0.168. The van der Waals surface area contributed by atoms with Gasteiger partial charge >= 0.3 is 0 Å². The van der Waals surface area contributed by atoms with Crippen LogP contribution in [0.3, 0.4) is 0 Å². The SMILES string of the molecule is C=C/C=C(C)\C=C/CC1CCC(C2CCCCC2)CC1. The third-order valence-corrected chi connectivity index (χ3v) is 5.44. The van der Waals surface area contributed by atoms with Crippen molar-refractivity contribution >= 4 is 0 Å². The Morgan fingerprint density at radius 3 is 2.25 bits per heavy atom. The number of hydrogen-bond acceptors (Lipinski definition) is 0. The number of rotatable bonds is 5. The smallest absolute Gasteiger partial charge is 0.0319 e. The van der Waals surface area contributed by atoms with E-state index in [4.69, 9.17) is 0 Å². The molecule has 0 amide bonds. The van der Waals surface area contributed by atoms with Gasteiger partial charge in [-0.1, -0.05) is 68.6 Å². The molecule has 0 heteroatoms. The van der Waals surface area contributed by atoms with E-state index in [-0.39, 0.29) is 0 Å². The zero-order chi connectivity index (χ0) is 14.2. The summed E-state index contributed by atoms with van der Waals surface area (Å²) in [5.41, 5.74) is 1.32. The van der Waals surface area contributed by atoms with Gasteiger partial charge < -0.3 is 0 Å². The van der Waals surface area contributed by atoms with Gasteiger partial charge in [0.25, 0.3) is 0 Å². The van der Waals surface area contributed by atoms with E-state index in [1.807, 2.05) is 6.08 Å². The lowest BCUT2D eigenvalue weighted by atomic mass is 9.70. The van der Waals surface area contributed by atoms with Crippen molar-refractivity contribution < 1.29 is 0 Å². The highest BCUT2D eigenvalue weighted by Gasteiger charge is 2.27. The molecule has 0 radical (unpaired) electrons. The molecular formula is C20H32. The topological polar surface area (TPSA) is 0 Å². The quantitative estimate of drug-likeness (QED) is 0.504. The van der Waals surface area contributed by atoms with Crippen LogP contribution >= 0.6 is 0 Å². The molecular weight excluding hydrogens is 240 g/mol. The van der Waals surface area contributed by atoms with Crippen LogP contribution < -0.4 is 0 Å². The van der Waals surface area contributed by atoms with Crippen LogP contribution in [0, 0.1) is 17.8 Å². The van der Waals surface area contributed by atoms with Crippen LogP contribution in [0.2, 0.25) is 0 Å². The molecule has 0 saturated heterocycles. The summed E-state index contributed by atoms with van der Waals surface area (Å²) >= 11 is 0. The second-order valence-corrected chi connectivity index (χ2v) is 6.96. The molecule has 0 aliphatic heterocycles. The molecule has 0 bridgehead atoms. The number of allylic oxidation sites excluding steroid dienone is 5. The Labute approximate surface area is 126 Å². The first-order chi connectivity index (χ1) is 9.79. The summed E-state index contributed by atoms with van der Waals surface area (Å²) in [5.74, 6) is 3.10. The van der Waals surface area contributed by atoms with Crippen molar-refractivity contribution in [1.29, 1.82) is 0 Å². The van der Waals surface area contributed by atoms with Crippen molar-refractivity contribution in [3.05, 3.63) is 36.5 Å². The summed E-state index contributed by atoms with van der Waals surface area (Å²) in [7, 11) is 0. The van der Waals surface area contributed by atoms with Crippen molar-refractivity contribution in [2.45, 2.75) is 71.1 Å². The van der Waals surface area contributed by atoms with Crippen LogP contribution in [0.1, 0.15) is 71.1 Å². The molecule has 0 aromatic rings. The van der Waals surface area contributed by atoms with E-state index in [1.165, 1.54) is 69.8 Å². The van der Waals surface area contributed by atoms with Gasteiger partial charge in [0.1, 0.15) is 0 Å². The van der Waals surface area contributed by atoms with Crippen LogP contribution in [-0.2, 0) is 0 Å². The Kier molecular flexibility index (Phi) is 6.63. The lowest BCUT2D eigenvalue weighted by Crippen LogP contribution is -2.23. The fraction of sp³-hybridized carbons (Fsp3) is 0.700. The maximum absolute atomic E-state index is 3.74. The Morgan fingerprint density at radius 2 is 1.60 bits per heavy atom. The van der Waals surface area contributed by atoms with Gasteiger partial charge in [0.15, 0.2) is 0 Å². The van der Waals surface area contributed by atoms with Crippen molar-refractivity contribution in [1.82, 2.24) is 0 Å². The summed E-state index contributed by atoms with van der Waals surface area (Å²) in [5, 5.41) is 0. The normalized spacial score (nSPS) is 29.8. The standard InChI is InChI=1S/C20H32/c1-3-8-17(2)9-7-10-18-13-15-20(16-14-18)19-11-5-4-6-12-19/h3,7-9,18-20H,1,4-6,10-16H2,2H3/b9-7-,17-8-. The van der Waals surface area contributed by atoms with Crippen molar-refractivity contribution in [3.63, 3.8) is 0 Å². The van der Waals surface area contributed by atoms with Crippen molar-refractivity contribution in [2.24, 2.45) is 17.8 Å². The highest BCUT2D eigenvalue weighted by atomic mass is 14.3. The Balaban J connectivity index is 1.68. The maximum atomic E-state index is 3.74. The van der Waals surface area contributed by atoms with Crippen LogP contribution in [0.4, 0.5) is 0 Å². The molecule has 112 valence electrons. The predicted octanol–water partition coefficient (Wildman–Crippen LogP) is 6.45. The first-order valence-electron chi connectivity index (χ1n) is 8.75. The van der Waals surface area contributed by atoms with E-state index in [2.05, 4.69) is 31.7 Å². The van der Waals surface area contributed by atoms with Gasteiger partial charge in [-0.25, -0.2) is 0 Å². The second-order valence-electron chi connectivity index (χ2n) is 6.96. The predicted molar refractivity (Wildman–Crippen MR) is 89.7 cm³/mol. The third-order valence-electron chi connectivity index (χ3n) is 5.44. The van der Waals surface area contributed by atoms with E-state index >= 15 is 0 Å². The van der Waals surface area contributed by atoms with Crippen LogP contribution in [-0.4, -0.2) is 0 Å². The molecule has 0 heterocycles. The van der Waals surface area contributed by atoms with Crippen LogP contribution in [0.15, 0.2) is 36.5 Å². The average molecular weight is 272 g/mol. The molecule has 0 nitrogen and oxygen atoms in total. The lowest BCUT2D eigenvalue weighted by Gasteiger charge is -2.35. The van der Waals surface area contributed by atoms with Gasteiger partial charge in [0.2, 0.25) is 0 Å². The fourth-order valence-electron chi connectivity index (χ4n) is 4.19. The molecule has 0 aromatic heterocycles. The second kappa shape index (κ2) is 8.49. The fourth-order valence-corrected chi connectivity index (χ4v) is 4.19. The summed E-state index contributed by atoms with van der Waals surface area (Å²) in [4.78, 5) is 0. The molecule has 2 saturated carbocycles. The monoisotopic (exact) mass is 272 g/mol. The maximum Gasteiger partial charge on any atom is -0.0319 e. The Hall–Kier alpha value is -0.780. The van der Waals surface area contributed by atoms with Crippen molar-refractivity contribution in [2.75, 3.05) is 0 Å². The van der Waals surface area contributed by atoms with E-state index in [9.17, 15) is 0 Å². The molecule has 20 heavy (non-hydrogen) atoms. The Bertz CT molecular complexity index is 333. The summed E-state index contributed by atoms with van der Waals surface area (Å²) < 4.78 is 0. The van der Waals surface area contributed by atoms with Gasteiger partial charge in [0, 0.05) is 0 Å². The number of hydrogen-bond donors (Lipinski definition) is 0. The van der Waals surface area contributed by atoms with E-state index in [0.29, 0.717) is 0 Å². The highest BCUT2D eigenvalue weighted by molar-refractivity contribution is 5.20. The molecule has 0 aromatic carbocycles. The average Bonchev–Trinajstić information content (AvgIpc) is 2.49. The van der Waals surface area contributed by atoms with Crippen LogP contribution in [0.25, 0.3) is 0 Å². The zero-order valence-corrected chi connectivity index (χ0v) is 13.3. The summed E-state index contributed by atoms with van der Waals surface area (Å²) in [6, 6.07) is 0. The van der Waals surface area contributed by atoms with Gasteiger partial charge in [-0.3, -0.25) is 0 Å². The molecule has 2 fully saturated rings. The van der Waals surface area contributed by atoms with Crippen LogP contribution in [0.5, 0.6) is 0 Å². The van der Waals surface area contributed by atoms with Gasteiger partial charge in [-0.05, 0) is 56.8 Å². The molecule has 0 atom stereocenters. The van der Waals surface area contributed by atoms with E-state index in [1.54, 1.807) is 0 Å². The van der Waals surface area contributed by atoms with E-state index < -0.39 is 0 Å². The minimum atomic E-state index is 0.947. The summed E-state index contributed by atoms with van der Waals surface area (Å²) in [6.07, 6.45) is 23.4. The van der Waals surface area contributed by atoms with E-state index in [0.717, 1.165) is 17.8 Å². The summed E-state index contributed by atoms with van der Waals surface area (Å²) in [6.45, 7) is 5.89. The molecule has 0 unspecified atom stereocenters. The van der Waals surface area contributed by atoms with Crippen molar-refractivity contribution in [3.8, 4) is 0 Å².